The largest absolute Gasteiger partial charge is 0.310 e. The molecule has 1 N–H and O–H groups in total. The Bertz CT molecular complexity index is 495. The Labute approximate surface area is 125 Å². The Kier molecular flexibility index (Phi) is 6.15. The molecule has 2 rings (SSSR count). The molecule has 1 unspecified atom stereocenters. The maximum Gasteiger partial charge on any atom is 0.142 e. The van der Waals surface area contributed by atoms with Crippen molar-refractivity contribution in [3.63, 3.8) is 0 Å². The summed E-state index contributed by atoms with van der Waals surface area (Å²) in [7, 11) is 0. The lowest BCUT2D eigenvalue weighted by Crippen LogP contribution is -2.24. The zero-order chi connectivity index (χ0) is 14.2. The zero-order valence-electron chi connectivity index (χ0n) is 12.3. The second kappa shape index (κ2) is 8.12. The van der Waals surface area contributed by atoms with E-state index in [1.54, 1.807) is 11.5 Å². The number of nitrogens with zero attached hydrogens (tertiary/aromatic N) is 2. The summed E-state index contributed by atoms with van der Waals surface area (Å²) < 4.78 is 4.44. The highest BCUT2D eigenvalue weighted by Crippen LogP contribution is 2.19. The molecular weight excluding hydrogens is 266 g/mol. The van der Waals surface area contributed by atoms with Crippen LogP contribution in [-0.2, 0) is 12.8 Å². The smallest absolute Gasteiger partial charge is 0.142 e. The molecular formula is C16H23N3S. The van der Waals surface area contributed by atoms with Crippen LogP contribution in [0.2, 0.25) is 0 Å². The van der Waals surface area contributed by atoms with Gasteiger partial charge in [-0.2, -0.15) is 4.37 Å². The molecule has 20 heavy (non-hydrogen) atoms. The van der Waals surface area contributed by atoms with Crippen LogP contribution in [0.3, 0.4) is 0 Å². The predicted molar refractivity (Wildman–Crippen MR) is 85.1 cm³/mol. The Morgan fingerprint density at radius 1 is 1.15 bits per heavy atom. The van der Waals surface area contributed by atoms with Gasteiger partial charge in [-0.3, -0.25) is 0 Å². The molecule has 0 bridgehead atoms. The van der Waals surface area contributed by atoms with Gasteiger partial charge in [0, 0.05) is 18.9 Å². The molecule has 0 aliphatic carbocycles. The Morgan fingerprint density at radius 3 is 2.65 bits per heavy atom. The number of hydrogen-bond donors (Lipinski definition) is 1. The van der Waals surface area contributed by atoms with Gasteiger partial charge in [0.25, 0.3) is 0 Å². The first kappa shape index (κ1) is 15.1. The van der Waals surface area contributed by atoms with Crippen LogP contribution in [0.15, 0.2) is 30.3 Å². The number of aryl methyl sites for hydroxylation is 1. The minimum absolute atomic E-state index is 0.332. The van der Waals surface area contributed by atoms with Crippen molar-refractivity contribution in [3.05, 3.63) is 46.7 Å². The predicted octanol–water partition coefficient (Wildman–Crippen LogP) is 3.77. The van der Waals surface area contributed by atoms with E-state index < -0.39 is 0 Å². The van der Waals surface area contributed by atoms with Crippen molar-refractivity contribution in [3.8, 4) is 0 Å². The molecule has 0 fully saturated rings. The Balaban J connectivity index is 2.06. The van der Waals surface area contributed by atoms with Crippen LogP contribution in [0.25, 0.3) is 0 Å². The van der Waals surface area contributed by atoms with E-state index in [2.05, 4.69) is 58.9 Å². The summed E-state index contributed by atoms with van der Waals surface area (Å²) in [4.78, 5) is 4.64. The van der Waals surface area contributed by atoms with Gasteiger partial charge in [-0.15, -0.1) is 0 Å². The first-order valence-electron chi connectivity index (χ1n) is 7.43. The zero-order valence-corrected chi connectivity index (χ0v) is 13.1. The minimum Gasteiger partial charge on any atom is -0.310 e. The summed E-state index contributed by atoms with van der Waals surface area (Å²) >= 11 is 1.54. The number of rotatable bonds is 8. The van der Waals surface area contributed by atoms with Gasteiger partial charge in [-0.25, -0.2) is 4.98 Å². The van der Waals surface area contributed by atoms with Crippen LogP contribution in [0.5, 0.6) is 0 Å². The van der Waals surface area contributed by atoms with Gasteiger partial charge in [-0.1, -0.05) is 44.2 Å². The van der Waals surface area contributed by atoms with Crippen LogP contribution in [0.1, 0.15) is 49.1 Å². The standard InChI is InChI=1S/C16H23N3S/c1-3-8-15-18-16(20-19-15)12-14(17-11-4-2)13-9-6-5-7-10-13/h5-7,9-10,14,17H,3-4,8,11-12H2,1-2H3. The van der Waals surface area contributed by atoms with Crippen LogP contribution in [-0.4, -0.2) is 15.9 Å². The van der Waals surface area contributed by atoms with Gasteiger partial charge in [0.2, 0.25) is 0 Å². The molecule has 1 aromatic heterocycles. The molecule has 0 aliphatic heterocycles. The maximum absolute atomic E-state index is 4.64. The minimum atomic E-state index is 0.332. The van der Waals surface area contributed by atoms with Crippen molar-refractivity contribution in [2.45, 2.75) is 45.6 Å². The fourth-order valence-electron chi connectivity index (χ4n) is 2.18. The fourth-order valence-corrected chi connectivity index (χ4v) is 2.91. The molecule has 0 amide bonds. The summed E-state index contributed by atoms with van der Waals surface area (Å²) in [6, 6.07) is 10.9. The molecule has 0 radical (unpaired) electrons. The number of aromatic nitrogens is 2. The Hall–Kier alpha value is -1.26. The molecule has 0 saturated heterocycles. The molecule has 4 heteroatoms. The summed E-state index contributed by atoms with van der Waals surface area (Å²) in [6.45, 7) is 5.38. The van der Waals surface area contributed by atoms with E-state index in [9.17, 15) is 0 Å². The molecule has 0 spiro atoms. The highest BCUT2D eigenvalue weighted by atomic mass is 32.1. The second-order valence-corrected chi connectivity index (χ2v) is 5.81. The van der Waals surface area contributed by atoms with E-state index in [4.69, 9.17) is 0 Å². The maximum atomic E-state index is 4.64. The van der Waals surface area contributed by atoms with Crippen molar-refractivity contribution in [1.29, 1.82) is 0 Å². The van der Waals surface area contributed by atoms with Gasteiger partial charge in [0.1, 0.15) is 10.8 Å². The van der Waals surface area contributed by atoms with E-state index in [1.165, 1.54) is 5.56 Å². The van der Waals surface area contributed by atoms with E-state index in [-0.39, 0.29) is 0 Å². The molecule has 2 aromatic rings. The van der Waals surface area contributed by atoms with Gasteiger partial charge >= 0.3 is 0 Å². The average Bonchev–Trinajstić information content (AvgIpc) is 2.92. The first-order valence-corrected chi connectivity index (χ1v) is 8.20. The van der Waals surface area contributed by atoms with Crippen LogP contribution < -0.4 is 5.32 Å². The third kappa shape index (κ3) is 4.39. The summed E-state index contributed by atoms with van der Waals surface area (Å²) in [5.41, 5.74) is 1.33. The number of benzene rings is 1. The molecule has 108 valence electrons. The lowest BCUT2D eigenvalue weighted by Gasteiger charge is -2.17. The highest BCUT2D eigenvalue weighted by Gasteiger charge is 2.14. The van der Waals surface area contributed by atoms with Crippen LogP contribution in [0, 0.1) is 0 Å². The fraction of sp³-hybridized carbons (Fsp3) is 0.500. The average molecular weight is 289 g/mol. The van der Waals surface area contributed by atoms with Gasteiger partial charge in [0.05, 0.1) is 0 Å². The molecule has 1 heterocycles. The third-order valence-corrected chi connectivity index (χ3v) is 3.98. The summed E-state index contributed by atoms with van der Waals surface area (Å²) in [6.07, 6.45) is 4.15. The molecule has 3 nitrogen and oxygen atoms in total. The normalized spacial score (nSPS) is 12.5. The van der Waals surface area contributed by atoms with E-state index in [1.807, 2.05) is 0 Å². The number of nitrogens with one attached hydrogen (secondary N) is 1. The van der Waals surface area contributed by atoms with Gasteiger partial charge in [-0.05, 0) is 36.5 Å². The lowest BCUT2D eigenvalue weighted by atomic mass is 10.0. The molecule has 1 aromatic carbocycles. The second-order valence-electron chi connectivity index (χ2n) is 4.98. The van der Waals surface area contributed by atoms with Crippen molar-refractivity contribution >= 4 is 11.5 Å². The molecule has 0 saturated carbocycles. The highest BCUT2D eigenvalue weighted by molar-refractivity contribution is 7.05. The summed E-state index contributed by atoms with van der Waals surface area (Å²) in [5, 5.41) is 4.74. The van der Waals surface area contributed by atoms with Crippen molar-refractivity contribution < 1.29 is 0 Å². The van der Waals surface area contributed by atoms with E-state index in [0.29, 0.717) is 6.04 Å². The van der Waals surface area contributed by atoms with Crippen molar-refractivity contribution in [2.75, 3.05) is 6.54 Å². The third-order valence-electron chi connectivity index (χ3n) is 3.21. The van der Waals surface area contributed by atoms with Crippen molar-refractivity contribution in [1.82, 2.24) is 14.7 Å². The summed E-state index contributed by atoms with van der Waals surface area (Å²) in [5.74, 6) is 0.995. The van der Waals surface area contributed by atoms with Gasteiger partial charge < -0.3 is 5.32 Å². The monoisotopic (exact) mass is 289 g/mol. The lowest BCUT2D eigenvalue weighted by molar-refractivity contribution is 0.528. The van der Waals surface area contributed by atoms with Gasteiger partial charge in [0.15, 0.2) is 0 Å². The van der Waals surface area contributed by atoms with Crippen LogP contribution >= 0.6 is 11.5 Å². The van der Waals surface area contributed by atoms with Crippen LogP contribution in [0.4, 0.5) is 0 Å². The van der Waals surface area contributed by atoms with E-state index >= 15 is 0 Å². The quantitative estimate of drug-likeness (QED) is 0.804. The Morgan fingerprint density at radius 2 is 1.95 bits per heavy atom. The topological polar surface area (TPSA) is 37.8 Å². The van der Waals surface area contributed by atoms with E-state index in [0.717, 1.165) is 43.1 Å². The number of hydrogen-bond acceptors (Lipinski definition) is 4. The molecule has 1 atom stereocenters. The van der Waals surface area contributed by atoms with Crippen molar-refractivity contribution in [2.24, 2.45) is 0 Å². The SMILES string of the molecule is CCCNC(Cc1nc(CCC)ns1)c1ccccc1. The first-order chi connectivity index (χ1) is 9.83. The molecule has 0 aliphatic rings.